The number of nitrogens with zero attached hydrogens (tertiary/aromatic N) is 1. The predicted octanol–water partition coefficient (Wildman–Crippen LogP) is 3.61. The number of carbonyl (C=O) groups excluding carboxylic acids is 1. The number of hydrogen-bond donors (Lipinski definition) is 0. The van der Waals surface area contributed by atoms with Crippen molar-refractivity contribution >= 4 is 15.6 Å². The average Bonchev–Trinajstić information content (AvgIpc) is 2.98. The average molecular weight is 385 g/mol. The molecule has 1 heterocycles. The van der Waals surface area contributed by atoms with Crippen LogP contribution < -0.4 is 0 Å². The third-order valence-electron chi connectivity index (χ3n) is 4.17. The van der Waals surface area contributed by atoms with Crippen molar-refractivity contribution in [2.24, 2.45) is 0 Å². The molecule has 0 amide bonds. The quantitative estimate of drug-likeness (QED) is 0.786. The van der Waals surface area contributed by atoms with Gasteiger partial charge in [0.2, 0.25) is 0 Å². The summed E-state index contributed by atoms with van der Waals surface area (Å²) in [5, 5.41) is 3.80. The Bertz CT molecular complexity index is 940. The number of Topliss-reactive ketones (excluding diaryl/α,β-unsaturated/α-hetero) is 1. The minimum atomic E-state index is -4.46. The van der Waals surface area contributed by atoms with Crippen LogP contribution in [0.15, 0.2) is 33.7 Å². The summed E-state index contributed by atoms with van der Waals surface area (Å²) < 4.78 is 56.0. The van der Waals surface area contributed by atoms with E-state index in [0.717, 1.165) is 12.1 Å². The molecule has 142 valence electrons. The molecule has 0 spiro atoms. The first kappa shape index (κ1) is 20.2. The summed E-state index contributed by atoms with van der Waals surface area (Å²) in [7, 11) is -4.46. The van der Waals surface area contributed by atoms with E-state index < -0.39 is 36.9 Å². The summed E-state index contributed by atoms with van der Waals surface area (Å²) in [6.45, 7) is 8.04. The summed E-state index contributed by atoms with van der Waals surface area (Å²) in [6, 6.07) is 3.69. The molecule has 0 N–H and O–H groups in total. The van der Waals surface area contributed by atoms with Crippen molar-refractivity contribution in [3.63, 3.8) is 0 Å². The standard InChI is InChI=1S/C18H21F2NO4S/c1-17(2,3)16-10-12(21-25-16)9-15(22)18(4,5)26(23,24)14-8-11(19)6-7-13(14)20/h6-8,10H,9H2,1-5H3. The van der Waals surface area contributed by atoms with E-state index in [0.29, 0.717) is 11.8 Å². The summed E-state index contributed by atoms with van der Waals surface area (Å²) in [4.78, 5) is 11.8. The summed E-state index contributed by atoms with van der Waals surface area (Å²) in [6.07, 6.45) is -0.303. The highest BCUT2D eigenvalue weighted by atomic mass is 32.2. The fourth-order valence-corrected chi connectivity index (χ4v) is 3.75. The first-order valence-electron chi connectivity index (χ1n) is 7.96. The van der Waals surface area contributed by atoms with Crippen molar-refractivity contribution in [3.8, 4) is 0 Å². The SMILES string of the molecule is CC(C)(C)c1cc(CC(=O)C(C)(C)S(=O)(=O)c2cc(F)ccc2F)no1. The van der Waals surface area contributed by atoms with Gasteiger partial charge in [0.05, 0.1) is 12.1 Å². The van der Waals surface area contributed by atoms with Crippen LogP contribution in [-0.2, 0) is 26.5 Å². The fraction of sp³-hybridized carbons (Fsp3) is 0.444. The van der Waals surface area contributed by atoms with E-state index in [4.69, 9.17) is 4.52 Å². The monoisotopic (exact) mass is 385 g/mol. The second-order valence-corrected chi connectivity index (χ2v) is 10.1. The van der Waals surface area contributed by atoms with Gasteiger partial charge in [-0.05, 0) is 32.0 Å². The molecular formula is C18H21F2NO4S. The molecule has 2 rings (SSSR count). The van der Waals surface area contributed by atoms with Gasteiger partial charge in [0.1, 0.15) is 27.0 Å². The number of rotatable bonds is 5. The van der Waals surface area contributed by atoms with Gasteiger partial charge in [-0.25, -0.2) is 17.2 Å². The smallest absolute Gasteiger partial charge is 0.193 e. The van der Waals surface area contributed by atoms with Crippen LogP contribution in [0.25, 0.3) is 0 Å². The van der Waals surface area contributed by atoms with Crippen LogP contribution in [-0.4, -0.2) is 24.1 Å². The van der Waals surface area contributed by atoms with Gasteiger partial charge >= 0.3 is 0 Å². The van der Waals surface area contributed by atoms with E-state index in [1.165, 1.54) is 13.8 Å². The summed E-state index contributed by atoms with van der Waals surface area (Å²) in [5.74, 6) is -2.16. The molecule has 0 saturated heterocycles. The third-order valence-corrected chi connectivity index (χ3v) is 6.63. The molecule has 8 heteroatoms. The normalized spacial score (nSPS) is 13.0. The molecule has 0 aliphatic carbocycles. The van der Waals surface area contributed by atoms with Gasteiger partial charge < -0.3 is 4.52 Å². The van der Waals surface area contributed by atoms with Crippen molar-refractivity contribution in [1.82, 2.24) is 5.16 Å². The maximum atomic E-state index is 13.9. The van der Waals surface area contributed by atoms with E-state index in [2.05, 4.69) is 5.16 Å². The van der Waals surface area contributed by atoms with Crippen molar-refractivity contribution < 1.29 is 26.5 Å². The molecule has 0 aliphatic heterocycles. The molecule has 0 aliphatic rings. The highest BCUT2D eigenvalue weighted by Gasteiger charge is 2.44. The Morgan fingerprint density at radius 3 is 2.27 bits per heavy atom. The number of aromatic nitrogens is 1. The first-order chi connectivity index (χ1) is 11.8. The van der Waals surface area contributed by atoms with Gasteiger partial charge in [-0.15, -0.1) is 0 Å². The molecule has 0 fully saturated rings. The summed E-state index contributed by atoms with van der Waals surface area (Å²) in [5.41, 5.74) is -0.0384. The van der Waals surface area contributed by atoms with Gasteiger partial charge in [-0.1, -0.05) is 25.9 Å². The zero-order valence-corrected chi connectivity index (χ0v) is 16.1. The number of hydrogen-bond acceptors (Lipinski definition) is 5. The molecule has 0 bridgehead atoms. The Morgan fingerprint density at radius 2 is 1.73 bits per heavy atom. The molecular weight excluding hydrogens is 364 g/mol. The third kappa shape index (κ3) is 3.70. The van der Waals surface area contributed by atoms with Gasteiger partial charge in [-0.3, -0.25) is 4.79 Å². The minimum absolute atomic E-state index is 0.280. The van der Waals surface area contributed by atoms with Crippen LogP contribution in [0.4, 0.5) is 8.78 Å². The highest BCUT2D eigenvalue weighted by Crippen LogP contribution is 2.30. The number of ketones is 1. The second-order valence-electron chi connectivity index (χ2n) is 7.62. The van der Waals surface area contributed by atoms with Crippen LogP contribution in [0.1, 0.15) is 46.1 Å². The van der Waals surface area contributed by atoms with Crippen molar-refractivity contribution in [2.45, 2.75) is 56.1 Å². The maximum Gasteiger partial charge on any atom is 0.193 e. The molecule has 0 radical (unpaired) electrons. The molecule has 1 aromatic carbocycles. The van der Waals surface area contributed by atoms with Gasteiger partial charge in [0.15, 0.2) is 15.6 Å². The molecule has 2 aromatic rings. The van der Waals surface area contributed by atoms with Gasteiger partial charge in [0.25, 0.3) is 0 Å². The van der Waals surface area contributed by atoms with Crippen molar-refractivity contribution in [3.05, 3.63) is 47.4 Å². The lowest BCUT2D eigenvalue weighted by Crippen LogP contribution is -2.42. The fourth-order valence-electron chi connectivity index (χ4n) is 2.23. The van der Waals surface area contributed by atoms with E-state index >= 15 is 0 Å². The van der Waals surface area contributed by atoms with Crippen LogP contribution in [0.5, 0.6) is 0 Å². The van der Waals surface area contributed by atoms with Crippen LogP contribution >= 0.6 is 0 Å². The zero-order valence-electron chi connectivity index (χ0n) is 15.3. The Labute approximate surface area is 151 Å². The van der Waals surface area contributed by atoms with Crippen molar-refractivity contribution in [1.29, 1.82) is 0 Å². The lowest BCUT2D eigenvalue weighted by atomic mass is 9.92. The van der Waals surface area contributed by atoms with Gasteiger partial charge in [0, 0.05) is 11.5 Å². The second kappa shape index (κ2) is 6.57. The van der Waals surface area contributed by atoms with E-state index in [-0.39, 0.29) is 17.5 Å². The summed E-state index contributed by atoms with van der Waals surface area (Å²) >= 11 is 0. The zero-order chi connectivity index (χ0) is 19.9. The first-order valence-corrected chi connectivity index (χ1v) is 9.44. The lowest BCUT2D eigenvalue weighted by molar-refractivity contribution is -0.120. The van der Waals surface area contributed by atoms with Gasteiger partial charge in [-0.2, -0.15) is 0 Å². The molecule has 1 aromatic heterocycles. The highest BCUT2D eigenvalue weighted by molar-refractivity contribution is 7.93. The minimum Gasteiger partial charge on any atom is -0.361 e. The molecule has 26 heavy (non-hydrogen) atoms. The molecule has 0 unspecified atom stereocenters. The number of carbonyl (C=O) groups is 1. The number of sulfone groups is 1. The van der Waals surface area contributed by atoms with Crippen LogP contribution in [0, 0.1) is 11.6 Å². The molecule has 0 atom stereocenters. The van der Waals surface area contributed by atoms with E-state index in [9.17, 15) is 22.0 Å². The van der Waals surface area contributed by atoms with Crippen LogP contribution in [0.3, 0.4) is 0 Å². The van der Waals surface area contributed by atoms with Crippen molar-refractivity contribution in [2.75, 3.05) is 0 Å². The number of benzene rings is 1. The Hall–Kier alpha value is -2.09. The Morgan fingerprint density at radius 1 is 1.12 bits per heavy atom. The maximum absolute atomic E-state index is 13.9. The Balaban J connectivity index is 2.35. The predicted molar refractivity (Wildman–Crippen MR) is 91.5 cm³/mol. The van der Waals surface area contributed by atoms with E-state index in [1.54, 1.807) is 6.07 Å². The number of halogens is 2. The Kier molecular flexibility index (Phi) is 5.11. The van der Waals surface area contributed by atoms with Crippen LogP contribution in [0.2, 0.25) is 0 Å². The topological polar surface area (TPSA) is 77.2 Å². The van der Waals surface area contributed by atoms with E-state index in [1.807, 2.05) is 20.8 Å². The molecule has 0 saturated carbocycles. The molecule has 5 nitrogen and oxygen atoms in total. The lowest BCUT2D eigenvalue weighted by Gasteiger charge is -2.23. The largest absolute Gasteiger partial charge is 0.361 e.